The molecule has 5 heteroatoms. The Hall–Kier alpha value is -1.10. The third kappa shape index (κ3) is 5.19. The van der Waals surface area contributed by atoms with Crippen LogP contribution in [0.15, 0.2) is 0 Å². The molecule has 1 aliphatic carbocycles. The fourth-order valence-corrected chi connectivity index (χ4v) is 2.88. The zero-order chi connectivity index (χ0) is 14.4. The van der Waals surface area contributed by atoms with Crippen LogP contribution in [0.25, 0.3) is 0 Å². The normalized spacial score (nSPS) is 27.1. The minimum Gasteiger partial charge on any atom is -0.352 e. The van der Waals surface area contributed by atoms with Crippen LogP contribution in [0.1, 0.15) is 40.0 Å². The molecule has 1 saturated carbocycles. The first-order valence-corrected chi connectivity index (χ1v) is 7.20. The zero-order valence-electron chi connectivity index (χ0n) is 12.2. The van der Waals surface area contributed by atoms with E-state index in [1.807, 2.05) is 0 Å². The lowest BCUT2D eigenvalue weighted by Crippen LogP contribution is -2.49. The summed E-state index contributed by atoms with van der Waals surface area (Å²) in [7, 11) is 0. The molecule has 0 aromatic heterocycles. The number of nitrogens with two attached hydrogens (primary N) is 1. The van der Waals surface area contributed by atoms with Gasteiger partial charge in [0.05, 0.1) is 13.1 Å². The Bertz CT molecular complexity index is 318. The van der Waals surface area contributed by atoms with Gasteiger partial charge in [0, 0.05) is 6.04 Å². The first-order chi connectivity index (χ1) is 8.93. The van der Waals surface area contributed by atoms with E-state index in [4.69, 9.17) is 5.73 Å². The second-order valence-electron chi connectivity index (χ2n) is 5.98. The summed E-state index contributed by atoms with van der Waals surface area (Å²) in [5.74, 6) is 1.33. The predicted octanol–water partition coefficient (Wildman–Crippen LogP) is 0.638. The van der Waals surface area contributed by atoms with E-state index in [0.29, 0.717) is 17.8 Å². The molecular weight excluding hydrogens is 242 g/mol. The van der Waals surface area contributed by atoms with Gasteiger partial charge >= 0.3 is 0 Å². The van der Waals surface area contributed by atoms with Crippen molar-refractivity contribution in [2.75, 3.05) is 13.1 Å². The second-order valence-corrected chi connectivity index (χ2v) is 5.98. The Kier molecular flexibility index (Phi) is 6.28. The topological polar surface area (TPSA) is 84.2 Å². The Morgan fingerprint density at radius 2 is 1.95 bits per heavy atom. The lowest BCUT2D eigenvalue weighted by molar-refractivity contribution is -0.126. The van der Waals surface area contributed by atoms with Crippen molar-refractivity contribution in [3.8, 4) is 0 Å². The lowest BCUT2D eigenvalue weighted by Gasteiger charge is -2.37. The van der Waals surface area contributed by atoms with Gasteiger partial charge in [-0.05, 0) is 30.6 Å². The third-order valence-corrected chi connectivity index (χ3v) is 4.00. The Morgan fingerprint density at radius 1 is 1.26 bits per heavy atom. The van der Waals surface area contributed by atoms with Crippen LogP contribution >= 0.6 is 0 Å². The number of carbonyl (C=O) groups excluding carboxylic acids is 2. The molecule has 5 nitrogen and oxygen atoms in total. The van der Waals surface area contributed by atoms with Crippen LogP contribution in [-0.4, -0.2) is 30.9 Å². The highest BCUT2D eigenvalue weighted by molar-refractivity contribution is 5.85. The first kappa shape index (κ1) is 16.0. The highest BCUT2D eigenvalue weighted by Crippen LogP contribution is 2.33. The van der Waals surface area contributed by atoms with Gasteiger partial charge in [0.25, 0.3) is 0 Å². The molecule has 1 aliphatic rings. The summed E-state index contributed by atoms with van der Waals surface area (Å²) in [6.07, 6.45) is 3.43. The molecule has 0 radical (unpaired) electrons. The van der Waals surface area contributed by atoms with Crippen molar-refractivity contribution in [1.29, 1.82) is 0 Å². The quantitative estimate of drug-likeness (QED) is 0.684. The lowest BCUT2D eigenvalue weighted by atomic mass is 9.74. The molecule has 1 fully saturated rings. The van der Waals surface area contributed by atoms with E-state index in [1.165, 1.54) is 12.8 Å². The van der Waals surface area contributed by atoms with Gasteiger partial charge in [-0.25, -0.2) is 0 Å². The van der Waals surface area contributed by atoms with E-state index in [-0.39, 0.29) is 30.9 Å². The van der Waals surface area contributed by atoms with E-state index in [1.54, 1.807) is 0 Å². The molecule has 2 amide bonds. The fourth-order valence-electron chi connectivity index (χ4n) is 2.88. The molecule has 0 bridgehead atoms. The number of rotatable bonds is 5. The molecule has 110 valence electrons. The molecule has 0 aromatic carbocycles. The van der Waals surface area contributed by atoms with Crippen LogP contribution < -0.4 is 16.4 Å². The monoisotopic (exact) mass is 269 g/mol. The molecule has 3 unspecified atom stereocenters. The van der Waals surface area contributed by atoms with E-state index < -0.39 is 0 Å². The highest BCUT2D eigenvalue weighted by Gasteiger charge is 2.31. The Morgan fingerprint density at radius 3 is 2.53 bits per heavy atom. The summed E-state index contributed by atoms with van der Waals surface area (Å²) >= 11 is 0. The first-order valence-electron chi connectivity index (χ1n) is 7.20. The number of nitrogens with one attached hydrogen (secondary N) is 2. The van der Waals surface area contributed by atoms with Gasteiger partial charge in [-0.1, -0.05) is 27.2 Å². The van der Waals surface area contributed by atoms with E-state index in [0.717, 1.165) is 6.42 Å². The van der Waals surface area contributed by atoms with Gasteiger partial charge in [-0.15, -0.1) is 0 Å². The van der Waals surface area contributed by atoms with Crippen LogP contribution in [0.2, 0.25) is 0 Å². The molecule has 0 saturated heterocycles. The maximum Gasteiger partial charge on any atom is 0.239 e. The number of hydrogen-bond donors (Lipinski definition) is 3. The van der Waals surface area contributed by atoms with Crippen molar-refractivity contribution in [3.05, 3.63) is 0 Å². The average Bonchev–Trinajstić information content (AvgIpc) is 2.35. The van der Waals surface area contributed by atoms with Crippen molar-refractivity contribution in [3.63, 3.8) is 0 Å². The van der Waals surface area contributed by atoms with Gasteiger partial charge in [0.2, 0.25) is 11.8 Å². The number of amides is 2. The van der Waals surface area contributed by atoms with Gasteiger partial charge < -0.3 is 16.4 Å². The van der Waals surface area contributed by atoms with Crippen molar-refractivity contribution in [2.24, 2.45) is 23.5 Å². The SMILES string of the molecule is CC1CCC(C(C)C)C(NC(=O)CNC(=O)CN)C1. The number of carbonyl (C=O) groups is 2. The Labute approximate surface area is 115 Å². The molecule has 4 N–H and O–H groups in total. The molecule has 3 atom stereocenters. The van der Waals surface area contributed by atoms with Crippen molar-refractivity contribution >= 4 is 11.8 Å². The van der Waals surface area contributed by atoms with Gasteiger partial charge in [-0.2, -0.15) is 0 Å². The molecular formula is C14H27N3O2. The van der Waals surface area contributed by atoms with Gasteiger partial charge in [0.15, 0.2) is 0 Å². The minimum absolute atomic E-state index is 0.0196. The maximum atomic E-state index is 11.8. The summed E-state index contributed by atoms with van der Waals surface area (Å²) in [4.78, 5) is 22.9. The van der Waals surface area contributed by atoms with E-state index >= 15 is 0 Å². The summed E-state index contributed by atoms with van der Waals surface area (Å²) in [5.41, 5.74) is 5.18. The van der Waals surface area contributed by atoms with Crippen LogP contribution in [0.4, 0.5) is 0 Å². The summed E-state index contributed by atoms with van der Waals surface area (Å²) in [6, 6.07) is 0.228. The minimum atomic E-state index is -0.299. The fraction of sp³-hybridized carbons (Fsp3) is 0.857. The average molecular weight is 269 g/mol. The standard InChI is InChI=1S/C14H27N3O2/c1-9(2)11-5-4-10(3)6-12(11)17-14(19)8-16-13(18)7-15/h9-12H,4-8,15H2,1-3H3,(H,16,18)(H,17,19). The molecule has 0 spiro atoms. The maximum absolute atomic E-state index is 11.8. The van der Waals surface area contributed by atoms with Crippen molar-refractivity contribution < 1.29 is 9.59 Å². The number of hydrogen-bond acceptors (Lipinski definition) is 3. The zero-order valence-corrected chi connectivity index (χ0v) is 12.2. The molecule has 0 aromatic rings. The van der Waals surface area contributed by atoms with Gasteiger partial charge in [-0.3, -0.25) is 9.59 Å². The summed E-state index contributed by atoms with van der Waals surface area (Å²) < 4.78 is 0. The molecule has 19 heavy (non-hydrogen) atoms. The van der Waals surface area contributed by atoms with Crippen LogP contribution in [-0.2, 0) is 9.59 Å². The molecule has 0 aliphatic heterocycles. The van der Waals surface area contributed by atoms with Crippen LogP contribution in [0.3, 0.4) is 0 Å². The van der Waals surface area contributed by atoms with E-state index in [9.17, 15) is 9.59 Å². The van der Waals surface area contributed by atoms with E-state index in [2.05, 4.69) is 31.4 Å². The third-order valence-electron chi connectivity index (χ3n) is 4.00. The van der Waals surface area contributed by atoms with Crippen LogP contribution in [0, 0.1) is 17.8 Å². The smallest absolute Gasteiger partial charge is 0.239 e. The predicted molar refractivity (Wildman–Crippen MR) is 75.3 cm³/mol. The van der Waals surface area contributed by atoms with Crippen molar-refractivity contribution in [1.82, 2.24) is 10.6 Å². The second kappa shape index (κ2) is 7.48. The van der Waals surface area contributed by atoms with Crippen molar-refractivity contribution in [2.45, 2.75) is 46.1 Å². The Balaban J connectivity index is 2.47. The van der Waals surface area contributed by atoms with Crippen LogP contribution in [0.5, 0.6) is 0 Å². The highest BCUT2D eigenvalue weighted by atomic mass is 16.2. The molecule has 1 rings (SSSR count). The summed E-state index contributed by atoms with van der Waals surface area (Å²) in [6.45, 7) is 6.58. The largest absolute Gasteiger partial charge is 0.352 e. The molecule has 0 heterocycles. The summed E-state index contributed by atoms with van der Waals surface area (Å²) in [5, 5.41) is 5.57. The van der Waals surface area contributed by atoms with Gasteiger partial charge in [0.1, 0.15) is 0 Å².